The van der Waals surface area contributed by atoms with Crippen molar-refractivity contribution in [1.29, 1.82) is 0 Å². The number of pyridine rings is 1. The van der Waals surface area contributed by atoms with Gasteiger partial charge in [0, 0.05) is 18.0 Å². The van der Waals surface area contributed by atoms with E-state index in [1.54, 1.807) is 6.20 Å². The van der Waals surface area contributed by atoms with Gasteiger partial charge < -0.3 is 10.7 Å². The second-order valence-electron chi connectivity index (χ2n) is 4.39. The fourth-order valence-corrected chi connectivity index (χ4v) is 2.07. The Bertz CT molecular complexity index is 612. The zero-order chi connectivity index (χ0) is 12.4. The summed E-state index contributed by atoms with van der Waals surface area (Å²) in [6.07, 6.45) is 4.43. The molecule has 0 saturated heterocycles. The molecule has 0 aliphatic rings. The fraction of sp³-hybridized carbons (Fsp3) is 0.143. The summed E-state index contributed by atoms with van der Waals surface area (Å²) in [5.41, 5.74) is 7.39. The molecule has 90 valence electrons. The quantitative estimate of drug-likeness (QED) is 0.727. The number of quaternary nitrogens is 1. The van der Waals surface area contributed by atoms with Crippen LogP contribution in [0.5, 0.6) is 0 Å². The lowest BCUT2D eigenvalue weighted by atomic mass is 10.1. The molecule has 1 atom stereocenters. The van der Waals surface area contributed by atoms with Crippen LogP contribution >= 0.6 is 0 Å². The van der Waals surface area contributed by atoms with E-state index in [1.807, 2.05) is 42.6 Å². The third-order valence-electron chi connectivity index (χ3n) is 3.03. The maximum atomic E-state index is 4.56. The van der Waals surface area contributed by atoms with E-state index in [9.17, 15) is 0 Å². The molecule has 3 rings (SSSR count). The minimum Gasteiger partial charge on any atom is -0.351 e. The largest absolute Gasteiger partial charge is 0.351 e. The van der Waals surface area contributed by atoms with E-state index in [0.717, 1.165) is 28.8 Å². The van der Waals surface area contributed by atoms with Crippen LogP contribution in [0.3, 0.4) is 0 Å². The van der Waals surface area contributed by atoms with Gasteiger partial charge >= 0.3 is 0 Å². The second-order valence-corrected chi connectivity index (χ2v) is 4.39. The van der Waals surface area contributed by atoms with E-state index in [-0.39, 0.29) is 6.04 Å². The van der Waals surface area contributed by atoms with Crippen molar-refractivity contribution in [3.8, 4) is 0 Å². The predicted octanol–water partition coefficient (Wildman–Crippen LogP) is 1.48. The molecule has 0 unspecified atom stereocenters. The number of rotatable bonds is 3. The van der Waals surface area contributed by atoms with Gasteiger partial charge in [0.2, 0.25) is 0 Å². The lowest BCUT2D eigenvalue weighted by molar-refractivity contribution is -0.426. The molecule has 0 aliphatic carbocycles. The first-order valence-electron chi connectivity index (χ1n) is 5.99. The number of para-hydroxylation sites is 2. The first-order chi connectivity index (χ1) is 8.83. The van der Waals surface area contributed by atoms with Crippen LogP contribution in [0.4, 0.5) is 0 Å². The number of H-pyrrole nitrogens is 1. The molecule has 1 aromatic carbocycles. The van der Waals surface area contributed by atoms with Crippen LogP contribution in [-0.2, 0) is 6.42 Å². The molecule has 3 aromatic rings. The Hall–Kier alpha value is -2.20. The molecule has 4 heteroatoms. The minimum atomic E-state index is 0.166. The molecule has 18 heavy (non-hydrogen) atoms. The second kappa shape index (κ2) is 4.58. The van der Waals surface area contributed by atoms with Gasteiger partial charge in [-0.3, -0.25) is 4.98 Å². The van der Waals surface area contributed by atoms with Gasteiger partial charge in [0.25, 0.3) is 0 Å². The van der Waals surface area contributed by atoms with E-state index in [0.29, 0.717) is 0 Å². The number of imidazole rings is 1. The summed E-state index contributed by atoms with van der Waals surface area (Å²) in [4.78, 5) is 12.0. The van der Waals surface area contributed by atoms with E-state index in [1.165, 1.54) is 0 Å². The normalized spacial score (nSPS) is 12.7. The van der Waals surface area contributed by atoms with Crippen LogP contribution in [0.15, 0.2) is 48.8 Å². The Balaban J connectivity index is 1.84. The zero-order valence-corrected chi connectivity index (χ0v) is 10.0. The standard InChI is InChI=1S/C14H14N4/c15-11(10-4-3-7-16-9-10)8-14-17-12-5-1-2-6-13(12)18-14/h1-7,9,11H,8,15H2,(H,17,18)/p+1/t11-/m1/s1. The molecule has 0 bridgehead atoms. The maximum absolute atomic E-state index is 4.56. The first-order valence-corrected chi connectivity index (χ1v) is 5.99. The van der Waals surface area contributed by atoms with Gasteiger partial charge in [-0.15, -0.1) is 0 Å². The number of nitrogens with zero attached hydrogens (tertiary/aromatic N) is 2. The Morgan fingerprint density at radius 1 is 1.17 bits per heavy atom. The molecule has 0 fully saturated rings. The van der Waals surface area contributed by atoms with Crippen molar-refractivity contribution in [1.82, 2.24) is 15.0 Å². The summed E-state index contributed by atoms with van der Waals surface area (Å²) in [5.74, 6) is 0.972. The number of benzene rings is 1. The highest BCUT2D eigenvalue weighted by atomic mass is 14.9. The first kappa shape index (κ1) is 10.9. The van der Waals surface area contributed by atoms with E-state index >= 15 is 0 Å². The molecule has 0 radical (unpaired) electrons. The summed E-state index contributed by atoms with van der Waals surface area (Å²) in [7, 11) is 0. The molecule has 0 spiro atoms. The predicted molar refractivity (Wildman–Crippen MR) is 69.7 cm³/mol. The number of fused-ring (bicyclic) bond motifs is 1. The van der Waals surface area contributed by atoms with Crippen molar-refractivity contribution in [3.05, 3.63) is 60.2 Å². The van der Waals surface area contributed by atoms with Crippen LogP contribution in [0.2, 0.25) is 0 Å². The number of aromatic nitrogens is 3. The highest BCUT2D eigenvalue weighted by Gasteiger charge is 2.13. The SMILES string of the molecule is [NH3+][C@H](Cc1nc2ccccc2[nH]1)c1cccnc1. The lowest BCUT2D eigenvalue weighted by Crippen LogP contribution is -2.54. The van der Waals surface area contributed by atoms with Crippen LogP contribution in [0, 0.1) is 0 Å². The van der Waals surface area contributed by atoms with Gasteiger partial charge in [-0.05, 0) is 18.2 Å². The summed E-state index contributed by atoms with van der Waals surface area (Å²) >= 11 is 0. The van der Waals surface area contributed by atoms with E-state index in [2.05, 4.69) is 20.7 Å². The highest BCUT2D eigenvalue weighted by Crippen LogP contribution is 2.15. The summed E-state index contributed by atoms with van der Waals surface area (Å²) in [6.45, 7) is 0. The van der Waals surface area contributed by atoms with Gasteiger partial charge in [0.1, 0.15) is 11.9 Å². The Kier molecular flexibility index (Phi) is 2.78. The van der Waals surface area contributed by atoms with Crippen LogP contribution in [0.1, 0.15) is 17.4 Å². The number of nitrogens with one attached hydrogen (secondary N) is 1. The molecular formula is C14H15N4+. The maximum Gasteiger partial charge on any atom is 0.119 e. The Labute approximate surface area is 105 Å². The third-order valence-corrected chi connectivity index (χ3v) is 3.03. The van der Waals surface area contributed by atoms with Gasteiger partial charge in [-0.1, -0.05) is 18.2 Å². The third kappa shape index (κ3) is 2.10. The van der Waals surface area contributed by atoms with Gasteiger partial charge in [-0.25, -0.2) is 4.98 Å². The smallest absolute Gasteiger partial charge is 0.119 e. The van der Waals surface area contributed by atoms with Crippen molar-refractivity contribution in [2.45, 2.75) is 12.5 Å². The average Bonchev–Trinajstić information content (AvgIpc) is 2.82. The summed E-state index contributed by atoms with van der Waals surface area (Å²) < 4.78 is 0. The molecule has 2 heterocycles. The topological polar surface area (TPSA) is 69.2 Å². The van der Waals surface area contributed by atoms with Crippen LogP contribution in [0.25, 0.3) is 11.0 Å². The number of hydrogen-bond acceptors (Lipinski definition) is 2. The molecule has 0 saturated carbocycles. The van der Waals surface area contributed by atoms with E-state index in [4.69, 9.17) is 0 Å². The zero-order valence-electron chi connectivity index (χ0n) is 10.0. The van der Waals surface area contributed by atoms with Crippen molar-refractivity contribution in [2.75, 3.05) is 0 Å². The van der Waals surface area contributed by atoms with Crippen molar-refractivity contribution >= 4 is 11.0 Å². The monoisotopic (exact) mass is 239 g/mol. The number of hydrogen-bond donors (Lipinski definition) is 2. The molecule has 2 aromatic heterocycles. The summed E-state index contributed by atoms with van der Waals surface area (Å²) in [5, 5.41) is 0. The molecule has 4 nitrogen and oxygen atoms in total. The average molecular weight is 239 g/mol. The van der Waals surface area contributed by atoms with Crippen molar-refractivity contribution in [2.24, 2.45) is 0 Å². The Morgan fingerprint density at radius 3 is 2.83 bits per heavy atom. The van der Waals surface area contributed by atoms with Gasteiger partial charge in [0.15, 0.2) is 0 Å². The van der Waals surface area contributed by atoms with Crippen molar-refractivity contribution in [3.63, 3.8) is 0 Å². The van der Waals surface area contributed by atoms with Crippen molar-refractivity contribution < 1.29 is 5.73 Å². The minimum absolute atomic E-state index is 0.166. The number of aromatic amines is 1. The fourth-order valence-electron chi connectivity index (χ4n) is 2.07. The molecule has 4 N–H and O–H groups in total. The van der Waals surface area contributed by atoms with Gasteiger partial charge in [0.05, 0.1) is 17.5 Å². The molecule has 0 aliphatic heterocycles. The molecular weight excluding hydrogens is 224 g/mol. The van der Waals surface area contributed by atoms with Gasteiger partial charge in [-0.2, -0.15) is 0 Å². The molecule has 0 amide bonds. The Morgan fingerprint density at radius 2 is 2.06 bits per heavy atom. The van der Waals surface area contributed by atoms with Crippen LogP contribution in [-0.4, -0.2) is 15.0 Å². The van der Waals surface area contributed by atoms with E-state index < -0.39 is 0 Å². The summed E-state index contributed by atoms with van der Waals surface area (Å²) in [6, 6.07) is 12.2. The highest BCUT2D eigenvalue weighted by molar-refractivity contribution is 5.74. The lowest BCUT2D eigenvalue weighted by Gasteiger charge is -2.05. The van der Waals surface area contributed by atoms with Crippen LogP contribution < -0.4 is 5.73 Å².